The number of ether oxygens (including phenoxy) is 2. The van der Waals surface area contributed by atoms with E-state index in [9.17, 15) is 4.79 Å². The van der Waals surface area contributed by atoms with Crippen molar-refractivity contribution in [3.05, 3.63) is 30.0 Å². The molecule has 0 spiro atoms. The van der Waals surface area contributed by atoms with Crippen LogP contribution in [0, 0.1) is 0 Å². The minimum Gasteiger partial charge on any atom is -0.497 e. The molecule has 1 amide bonds. The smallest absolute Gasteiger partial charge is 0.271 e. The van der Waals surface area contributed by atoms with Crippen LogP contribution in [0.1, 0.15) is 23.8 Å². The van der Waals surface area contributed by atoms with Crippen LogP contribution in [0.25, 0.3) is 11.3 Å². The van der Waals surface area contributed by atoms with Crippen LogP contribution in [-0.2, 0) is 7.05 Å². The van der Waals surface area contributed by atoms with Crippen LogP contribution in [-0.4, -0.2) is 36.5 Å². The molecular formula is C16H21N3O3. The standard InChI is InChI=1S/C16H21N3O3/c1-5-8-17-16(20)13-10-14(19(2)18-13)12-7-6-11(21-3)9-15(12)22-4/h6-7,9-10H,5,8H2,1-4H3,(H,17,20). The fourth-order valence-corrected chi connectivity index (χ4v) is 2.17. The second-order valence-corrected chi connectivity index (χ2v) is 4.86. The highest BCUT2D eigenvalue weighted by Gasteiger charge is 2.16. The Morgan fingerprint density at radius 1 is 1.27 bits per heavy atom. The van der Waals surface area contributed by atoms with E-state index in [1.54, 1.807) is 38.1 Å². The van der Waals surface area contributed by atoms with Gasteiger partial charge in [0.05, 0.1) is 19.9 Å². The molecule has 2 aromatic rings. The van der Waals surface area contributed by atoms with Gasteiger partial charge in [0.1, 0.15) is 11.5 Å². The summed E-state index contributed by atoms with van der Waals surface area (Å²) >= 11 is 0. The molecule has 22 heavy (non-hydrogen) atoms. The summed E-state index contributed by atoms with van der Waals surface area (Å²) in [6, 6.07) is 7.30. The highest BCUT2D eigenvalue weighted by molar-refractivity contribution is 5.93. The molecule has 1 aromatic carbocycles. The largest absolute Gasteiger partial charge is 0.497 e. The quantitative estimate of drug-likeness (QED) is 0.889. The first-order valence-corrected chi connectivity index (χ1v) is 7.15. The molecule has 6 nitrogen and oxygen atoms in total. The second kappa shape index (κ2) is 6.98. The Kier molecular flexibility index (Phi) is 5.04. The van der Waals surface area contributed by atoms with E-state index in [2.05, 4.69) is 10.4 Å². The van der Waals surface area contributed by atoms with Gasteiger partial charge in [0.15, 0.2) is 5.69 Å². The van der Waals surface area contributed by atoms with Crippen LogP contribution in [0.15, 0.2) is 24.3 Å². The van der Waals surface area contributed by atoms with Gasteiger partial charge in [-0.05, 0) is 24.6 Å². The fourth-order valence-electron chi connectivity index (χ4n) is 2.17. The number of hydrogen-bond acceptors (Lipinski definition) is 4. The van der Waals surface area contributed by atoms with Gasteiger partial charge in [-0.3, -0.25) is 9.48 Å². The minimum atomic E-state index is -0.170. The van der Waals surface area contributed by atoms with Crippen molar-refractivity contribution in [3.63, 3.8) is 0 Å². The van der Waals surface area contributed by atoms with Gasteiger partial charge >= 0.3 is 0 Å². The van der Waals surface area contributed by atoms with Crippen LogP contribution in [0.4, 0.5) is 0 Å². The van der Waals surface area contributed by atoms with Crippen molar-refractivity contribution in [1.29, 1.82) is 0 Å². The number of rotatable bonds is 6. The molecule has 0 aliphatic heterocycles. The summed E-state index contributed by atoms with van der Waals surface area (Å²) in [6.07, 6.45) is 0.887. The predicted octanol–water partition coefficient (Wildman–Crippen LogP) is 2.24. The number of aryl methyl sites for hydroxylation is 1. The fraction of sp³-hybridized carbons (Fsp3) is 0.375. The van der Waals surface area contributed by atoms with Crippen molar-refractivity contribution >= 4 is 5.91 Å². The molecule has 0 radical (unpaired) electrons. The summed E-state index contributed by atoms with van der Waals surface area (Å²) in [5.74, 6) is 1.21. The van der Waals surface area contributed by atoms with E-state index in [1.807, 2.05) is 19.1 Å². The van der Waals surface area contributed by atoms with Crippen LogP contribution in [0.3, 0.4) is 0 Å². The number of nitrogens with one attached hydrogen (secondary N) is 1. The number of benzene rings is 1. The molecule has 2 rings (SSSR count). The molecule has 1 heterocycles. The number of amides is 1. The molecule has 0 atom stereocenters. The van der Waals surface area contributed by atoms with Crippen molar-refractivity contribution in [3.8, 4) is 22.8 Å². The lowest BCUT2D eigenvalue weighted by Gasteiger charge is -2.10. The van der Waals surface area contributed by atoms with Crippen molar-refractivity contribution < 1.29 is 14.3 Å². The number of carbonyl (C=O) groups is 1. The highest BCUT2D eigenvalue weighted by Crippen LogP contribution is 2.33. The molecule has 0 unspecified atom stereocenters. The zero-order chi connectivity index (χ0) is 16.1. The zero-order valence-electron chi connectivity index (χ0n) is 13.3. The Hall–Kier alpha value is -2.50. The Balaban J connectivity index is 2.37. The number of aromatic nitrogens is 2. The molecule has 118 valence electrons. The Labute approximate surface area is 130 Å². The third kappa shape index (κ3) is 3.21. The van der Waals surface area contributed by atoms with Crippen LogP contribution < -0.4 is 14.8 Å². The summed E-state index contributed by atoms with van der Waals surface area (Å²) < 4.78 is 12.3. The van der Waals surface area contributed by atoms with E-state index in [0.717, 1.165) is 17.7 Å². The predicted molar refractivity (Wildman–Crippen MR) is 84.4 cm³/mol. The SMILES string of the molecule is CCCNC(=O)c1cc(-c2ccc(OC)cc2OC)n(C)n1. The summed E-state index contributed by atoms with van der Waals surface area (Å²) in [6.45, 7) is 2.64. The lowest BCUT2D eigenvalue weighted by molar-refractivity contribution is 0.0948. The zero-order valence-corrected chi connectivity index (χ0v) is 13.3. The van der Waals surface area contributed by atoms with Gasteiger partial charge in [0, 0.05) is 25.2 Å². The first-order valence-electron chi connectivity index (χ1n) is 7.15. The Morgan fingerprint density at radius 2 is 2.05 bits per heavy atom. The van der Waals surface area contributed by atoms with Crippen molar-refractivity contribution in [2.75, 3.05) is 20.8 Å². The second-order valence-electron chi connectivity index (χ2n) is 4.86. The van der Waals surface area contributed by atoms with E-state index >= 15 is 0 Å². The number of methoxy groups -OCH3 is 2. The third-order valence-corrected chi connectivity index (χ3v) is 3.33. The Morgan fingerprint density at radius 3 is 2.68 bits per heavy atom. The Bertz CT molecular complexity index is 665. The van der Waals surface area contributed by atoms with Gasteiger partial charge in [0.2, 0.25) is 0 Å². The average molecular weight is 303 g/mol. The van der Waals surface area contributed by atoms with Gasteiger partial charge < -0.3 is 14.8 Å². The molecule has 0 saturated carbocycles. The van der Waals surface area contributed by atoms with Crippen molar-refractivity contribution in [2.24, 2.45) is 7.05 Å². The number of hydrogen-bond donors (Lipinski definition) is 1. The minimum absolute atomic E-state index is 0.170. The van der Waals surface area contributed by atoms with Crippen LogP contribution in [0.5, 0.6) is 11.5 Å². The van der Waals surface area contributed by atoms with E-state index < -0.39 is 0 Å². The van der Waals surface area contributed by atoms with Crippen LogP contribution >= 0.6 is 0 Å². The molecule has 6 heteroatoms. The molecule has 0 bridgehead atoms. The maximum absolute atomic E-state index is 12.0. The summed E-state index contributed by atoms with van der Waals surface area (Å²) in [5, 5.41) is 7.10. The number of nitrogens with zero attached hydrogens (tertiary/aromatic N) is 2. The molecule has 1 aromatic heterocycles. The van der Waals surface area contributed by atoms with Gasteiger partial charge in [-0.25, -0.2) is 0 Å². The van der Waals surface area contributed by atoms with E-state index in [-0.39, 0.29) is 5.91 Å². The molecule has 0 aliphatic rings. The first kappa shape index (κ1) is 15.9. The third-order valence-electron chi connectivity index (χ3n) is 3.33. The van der Waals surface area contributed by atoms with E-state index in [4.69, 9.17) is 9.47 Å². The van der Waals surface area contributed by atoms with E-state index in [0.29, 0.717) is 23.7 Å². The van der Waals surface area contributed by atoms with E-state index in [1.165, 1.54) is 0 Å². The molecule has 0 fully saturated rings. The normalized spacial score (nSPS) is 10.4. The average Bonchev–Trinajstić information content (AvgIpc) is 2.93. The molecule has 0 aliphatic carbocycles. The van der Waals surface area contributed by atoms with Gasteiger partial charge in [0.25, 0.3) is 5.91 Å². The molecular weight excluding hydrogens is 282 g/mol. The van der Waals surface area contributed by atoms with Gasteiger partial charge in [-0.15, -0.1) is 0 Å². The lowest BCUT2D eigenvalue weighted by atomic mass is 10.1. The topological polar surface area (TPSA) is 65.4 Å². The highest BCUT2D eigenvalue weighted by atomic mass is 16.5. The van der Waals surface area contributed by atoms with Crippen molar-refractivity contribution in [2.45, 2.75) is 13.3 Å². The summed E-state index contributed by atoms with van der Waals surface area (Å²) in [4.78, 5) is 12.0. The molecule has 1 N–H and O–H groups in total. The van der Waals surface area contributed by atoms with Gasteiger partial charge in [-0.1, -0.05) is 6.92 Å². The monoisotopic (exact) mass is 303 g/mol. The lowest BCUT2D eigenvalue weighted by Crippen LogP contribution is -2.24. The summed E-state index contributed by atoms with van der Waals surface area (Å²) in [5.41, 5.74) is 2.05. The maximum atomic E-state index is 12.0. The number of carbonyl (C=O) groups excluding carboxylic acids is 1. The van der Waals surface area contributed by atoms with Crippen molar-refractivity contribution in [1.82, 2.24) is 15.1 Å². The van der Waals surface area contributed by atoms with Gasteiger partial charge in [-0.2, -0.15) is 5.10 Å². The van der Waals surface area contributed by atoms with Crippen LogP contribution in [0.2, 0.25) is 0 Å². The summed E-state index contributed by atoms with van der Waals surface area (Å²) in [7, 11) is 5.01. The first-order chi connectivity index (χ1) is 10.6. The molecule has 0 saturated heterocycles. The maximum Gasteiger partial charge on any atom is 0.271 e.